The average Bonchev–Trinajstić information content (AvgIpc) is 3.08. The molecule has 2 N–H and O–H groups in total. The molecule has 2 aliphatic heterocycles. The van der Waals surface area contributed by atoms with E-state index < -0.39 is 18.3 Å². The summed E-state index contributed by atoms with van der Waals surface area (Å²) >= 11 is 0. The molecule has 2 aliphatic rings. The number of alkyl halides is 3. The Morgan fingerprint density at radius 1 is 1.23 bits per heavy atom. The number of ether oxygens (including phenoxy) is 1. The van der Waals surface area contributed by atoms with E-state index in [0.29, 0.717) is 53.1 Å². The van der Waals surface area contributed by atoms with Crippen LogP contribution in [0, 0.1) is 12.0 Å². The second-order valence-corrected chi connectivity index (χ2v) is 9.45. The minimum atomic E-state index is -4.64. The SMILES string of the molecule is COC1=CC=C(c2cc(CC(=O)N3CCC(n4c(=O)[nH]c5ncccc54)CC3)c(=O)n(CC(F)(F)F)c2)C#CN1. The number of pyridine rings is 2. The fourth-order valence-electron chi connectivity index (χ4n) is 4.94. The van der Waals surface area contributed by atoms with Gasteiger partial charge < -0.3 is 14.2 Å². The number of nitrogens with one attached hydrogen (secondary N) is 2. The fourth-order valence-corrected chi connectivity index (χ4v) is 4.94. The molecule has 0 unspecified atom stereocenters. The predicted octanol–water partition coefficient (Wildman–Crippen LogP) is 2.29. The van der Waals surface area contributed by atoms with Crippen molar-refractivity contribution in [3.05, 3.63) is 80.6 Å². The molecule has 10 nitrogen and oxygen atoms in total. The van der Waals surface area contributed by atoms with Crippen molar-refractivity contribution in [2.75, 3.05) is 20.2 Å². The first-order valence-corrected chi connectivity index (χ1v) is 12.5. The number of halogens is 3. The van der Waals surface area contributed by atoms with Crippen LogP contribution in [0.25, 0.3) is 16.7 Å². The maximum absolute atomic E-state index is 13.3. The highest BCUT2D eigenvalue weighted by molar-refractivity contribution is 5.82. The van der Waals surface area contributed by atoms with Crippen LogP contribution in [0.2, 0.25) is 0 Å². The Balaban J connectivity index is 1.37. The van der Waals surface area contributed by atoms with E-state index in [1.165, 1.54) is 13.2 Å². The molecule has 40 heavy (non-hydrogen) atoms. The van der Waals surface area contributed by atoms with Crippen LogP contribution in [0.4, 0.5) is 13.2 Å². The Hall–Kier alpha value is -4.73. The number of methoxy groups -OCH3 is 1. The van der Waals surface area contributed by atoms with E-state index in [2.05, 4.69) is 27.2 Å². The van der Waals surface area contributed by atoms with Gasteiger partial charge in [0.25, 0.3) is 5.56 Å². The summed E-state index contributed by atoms with van der Waals surface area (Å²) in [6.07, 6.45) is 1.76. The van der Waals surface area contributed by atoms with Crippen LogP contribution in [-0.2, 0) is 22.5 Å². The van der Waals surface area contributed by atoms with Crippen molar-refractivity contribution in [3.63, 3.8) is 0 Å². The number of aromatic nitrogens is 4. The average molecular weight is 555 g/mol. The third kappa shape index (κ3) is 5.66. The molecular weight excluding hydrogens is 529 g/mol. The van der Waals surface area contributed by atoms with Crippen LogP contribution in [-0.4, -0.2) is 56.3 Å². The van der Waals surface area contributed by atoms with E-state index in [1.807, 2.05) is 0 Å². The number of hydrogen-bond donors (Lipinski definition) is 2. The van der Waals surface area contributed by atoms with Crippen LogP contribution in [0.3, 0.4) is 0 Å². The van der Waals surface area contributed by atoms with Crippen molar-refractivity contribution in [2.24, 2.45) is 0 Å². The van der Waals surface area contributed by atoms with Gasteiger partial charge in [-0.2, -0.15) is 13.2 Å². The zero-order valence-electron chi connectivity index (χ0n) is 21.4. The molecule has 3 aromatic rings. The molecule has 0 saturated carbocycles. The number of likely N-dealkylation sites (tertiary alicyclic amines) is 1. The van der Waals surface area contributed by atoms with Gasteiger partial charge in [-0.05, 0) is 43.0 Å². The van der Waals surface area contributed by atoms with Gasteiger partial charge >= 0.3 is 11.9 Å². The second kappa shape index (κ2) is 10.8. The van der Waals surface area contributed by atoms with Gasteiger partial charge in [0.05, 0.1) is 19.0 Å². The van der Waals surface area contributed by atoms with Crippen LogP contribution in [0.5, 0.6) is 0 Å². The van der Waals surface area contributed by atoms with Crippen molar-refractivity contribution in [1.82, 2.24) is 29.3 Å². The summed E-state index contributed by atoms with van der Waals surface area (Å²) < 4.78 is 47.1. The lowest BCUT2D eigenvalue weighted by atomic mass is 10.0. The zero-order chi connectivity index (χ0) is 28.4. The fraction of sp³-hybridized carbons (Fsp3) is 0.333. The Morgan fingerprint density at radius 2 is 2.00 bits per heavy atom. The first-order chi connectivity index (χ1) is 19.1. The number of allylic oxidation sites excluding steroid dienone is 3. The van der Waals surface area contributed by atoms with Crippen molar-refractivity contribution >= 4 is 22.6 Å². The molecule has 3 aromatic heterocycles. The van der Waals surface area contributed by atoms with E-state index in [9.17, 15) is 27.6 Å². The first kappa shape index (κ1) is 26.9. The maximum atomic E-state index is 13.3. The van der Waals surface area contributed by atoms with Crippen LogP contribution < -0.4 is 16.6 Å². The molecule has 1 saturated heterocycles. The number of carbonyl (C=O) groups excluding carboxylic acids is 1. The number of fused-ring (bicyclic) bond motifs is 1. The molecule has 1 fully saturated rings. The van der Waals surface area contributed by atoms with Gasteiger partial charge in [-0.1, -0.05) is 0 Å². The topological polar surface area (TPSA) is 114 Å². The summed E-state index contributed by atoms with van der Waals surface area (Å²) in [5.74, 6) is 2.75. The number of carbonyl (C=O) groups is 1. The van der Waals surface area contributed by atoms with E-state index >= 15 is 0 Å². The van der Waals surface area contributed by atoms with E-state index in [-0.39, 0.29) is 35.2 Å². The molecule has 5 heterocycles. The minimum Gasteiger partial charge on any atom is -0.482 e. The van der Waals surface area contributed by atoms with Gasteiger partial charge in [-0.3, -0.25) is 24.5 Å². The Kier molecular flexibility index (Phi) is 7.25. The number of nitrogens with zero attached hydrogens (tertiary/aromatic N) is 4. The van der Waals surface area contributed by atoms with Gasteiger partial charge in [-0.15, -0.1) is 0 Å². The lowest BCUT2D eigenvalue weighted by molar-refractivity contribution is -0.141. The van der Waals surface area contributed by atoms with Gasteiger partial charge in [0.15, 0.2) is 11.5 Å². The molecule has 0 radical (unpaired) electrons. The third-order valence-electron chi connectivity index (χ3n) is 6.84. The second-order valence-electron chi connectivity index (χ2n) is 9.45. The third-order valence-corrected chi connectivity index (χ3v) is 6.84. The highest BCUT2D eigenvalue weighted by Crippen LogP contribution is 2.25. The summed E-state index contributed by atoms with van der Waals surface area (Å²) in [5, 5.41) is 2.70. The number of amides is 1. The van der Waals surface area contributed by atoms with Crippen molar-refractivity contribution in [2.45, 2.75) is 38.0 Å². The summed E-state index contributed by atoms with van der Waals surface area (Å²) in [6.45, 7) is -0.850. The molecular formula is C27H25F3N6O4. The number of piperidine rings is 1. The summed E-state index contributed by atoms with van der Waals surface area (Å²) in [6, 6.07) is 7.44. The molecule has 0 spiro atoms. The molecule has 0 atom stereocenters. The lowest BCUT2D eigenvalue weighted by Crippen LogP contribution is -2.42. The summed E-state index contributed by atoms with van der Waals surface area (Å²) in [5.41, 5.74) is 0.541. The van der Waals surface area contributed by atoms with Crippen LogP contribution in [0.15, 0.2) is 58.2 Å². The first-order valence-electron chi connectivity index (χ1n) is 12.5. The van der Waals surface area contributed by atoms with Crippen molar-refractivity contribution < 1.29 is 22.7 Å². The number of rotatable bonds is 6. The molecule has 1 amide bonds. The highest BCUT2D eigenvalue weighted by Gasteiger charge is 2.30. The Bertz CT molecular complexity index is 1690. The van der Waals surface area contributed by atoms with E-state index in [0.717, 1.165) is 6.20 Å². The van der Waals surface area contributed by atoms with Gasteiger partial charge in [0.2, 0.25) is 5.91 Å². The number of hydrogen-bond acceptors (Lipinski definition) is 6. The Morgan fingerprint density at radius 3 is 2.73 bits per heavy atom. The zero-order valence-corrected chi connectivity index (χ0v) is 21.4. The van der Waals surface area contributed by atoms with E-state index in [4.69, 9.17) is 4.74 Å². The Labute approximate surface area is 225 Å². The number of H-pyrrole nitrogens is 1. The molecule has 13 heteroatoms. The molecule has 0 aromatic carbocycles. The number of imidazole rings is 1. The minimum absolute atomic E-state index is 0.0661. The van der Waals surface area contributed by atoms with Crippen LogP contribution in [0.1, 0.15) is 30.0 Å². The highest BCUT2D eigenvalue weighted by atomic mass is 19.4. The predicted molar refractivity (Wildman–Crippen MR) is 140 cm³/mol. The molecule has 0 aliphatic carbocycles. The summed E-state index contributed by atoms with van der Waals surface area (Å²) in [4.78, 5) is 47.2. The largest absolute Gasteiger partial charge is 0.482 e. The number of aromatic amines is 1. The maximum Gasteiger partial charge on any atom is 0.406 e. The van der Waals surface area contributed by atoms with Gasteiger partial charge in [0.1, 0.15) is 6.54 Å². The molecule has 208 valence electrons. The van der Waals surface area contributed by atoms with Gasteiger partial charge in [-0.25, -0.2) is 9.78 Å². The quantitative estimate of drug-likeness (QED) is 0.452. The van der Waals surface area contributed by atoms with Gasteiger partial charge in [0, 0.05) is 60.3 Å². The summed E-state index contributed by atoms with van der Waals surface area (Å²) in [7, 11) is 1.44. The monoisotopic (exact) mass is 554 g/mol. The van der Waals surface area contributed by atoms with Crippen molar-refractivity contribution in [3.8, 4) is 12.0 Å². The molecule has 0 bridgehead atoms. The smallest absolute Gasteiger partial charge is 0.406 e. The van der Waals surface area contributed by atoms with Crippen molar-refractivity contribution in [1.29, 1.82) is 0 Å². The lowest BCUT2D eigenvalue weighted by Gasteiger charge is -2.32. The molecule has 5 rings (SSSR count). The van der Waals surface area contributed by atoms with Crippen LogP contribution >= 0.6 is 0 Å². The normalized spacial score (nSPS) is 15.9. The van der Waals surface area contributed by atoms with E-state index in [1.54, 1.807) is 39.9 Å². The standard InChI is InChI=1S/C27H25F3N6O4/c1-40-22-5-4-17(6-10-31-22)19-13-18(25(38)35(15-19)16-27(28,29)30)14-23(37)34-11-7-20(8-12-34)36-21-3-2-9-32-24(21)33-26(36)39/h2-5,9,13,15,20,31H,7-8,11-12,14,16H2,1H3,(H,32,33,39).